The van der Waals surface area contributed by atoms with E-state index in [9.17, 15) is 0 Å². The van der Waals surface area contributed by atoms with Gasteiger partial charge < -0.3 is 0 Å². The monoisotopic (exact) mass is 266 g/mol. The van der Waals surface area contributed by atoms with Crippen LogP contribution in [0, 0.1) is 17.8 Å². The van der Waals surface area contributed by atoms with E-state index in [2.05, 4.69) is 20.8 Å². The average molecular weight is 267 g/mol. The summed E-state index contributed by atoms with van der Waals surface area (Å²) in [5.41, 5.74) is 0. The predicted molar refractivity (Wildman–Crippen MR) is 87.5 cm³/mol. The van der Waals surface area contributed by atoms with Crippen LogP contribution in [0.3, 0.4) is 0 Å². The smallest absolute Gasteiger partial charge is 0.0412 e. The van der Waals surface area contributed by atoms with Gasteiger partial charge in [0.15, 0.2) is 0 Å². The molecule has 0 amide bonds. The summed E-state index contributed by atoms with van der Waals surface area (Å²) in [6.07, 6.45) is 19.3. The van der Waals surface area contributed by atoms with Crippen LogP contribution in [0.25, 0.3) is 0 Å². The van der Waals surface area contributed by atoms with E-state index in [0.29, 0.717) is 0 Å². The van der Waals surface area contributed by atoms with Gasteiger partial charge in [0.2, 0.25) is 0 Å². The summed E-state index contributed by atoms with van der Waals surface area (Å²) in [4.78, 5) is 0. The highest BCUT2D eigenvalue weighted by Gasteiger charge is 2.23. The fourth-order valence-corrected chi connectivity index (χ4v) is 3.66. The first kappa shape index (κ1) is 17.1. The van der Waals surface area contributed by atoms with Crippen molar-refractivity contribution in [1.82, 2.24) is 0 Å². The summed E-state index contributed by atoms with van der Waals surface area (Å²) >= 11 is 0. The van der Waals surface area contributed by atoms with Gasteiger partial charge in [-0.05, 0) is 24.2 Å². The van der Waals surface area contributed by atoms with Gasteiger partial charge in [0.25, 0.3) is 0 Å². The molecule has 19 heavy (non-hydrogen) atoms. The lowest BCUT2D eigenvalue weighted by molar-refractivity contribution is 0.197. The third kappa shape index (κ3) is 8.00. The zero-order valence-corrected chi connectivity index (χ0v) is 13.9. The molecular formula is C19H38. The van der Waals surface area contributed by atoms with Gasteiger partial charge in [-0.15, -0.1) is 0 Å². The SMILES string of the molecule is CCCCCCCCCCCC1CCC(C)C(C)C1. The van der Waals surface area contributed by atoms with Gasteiger partial charge >= 0.3 is 0 Å². The Morgan fingerprint density at radius 3 is 1.84 bits per heavy atom. The van der Waals surface area contributed by atoms with Crippen LogP contribution < -0.4 is 0 Å². The van der Waals surface area contributed by atoms with Crippen molar-refractivity contribution in [2.45, 2.75) is 104 Å². The summed E-state index contributed by atoms with van der Waals surface area (Å²) < 4.78 is 0. The van der Waals surface area contributed by atoms with Crippen molar-refractivity contribution in [2.24, 2.45) is 17.8 Å². The van der Waals surface area contributed by atoms with E-state index in [1.807, 2.05) is 0 Å². The Labute approximate surface area is 122 Å². The number of unbranched alkanes of at least 4 members (excludes halogenated alkanes) is 8. The number of hydrogen-bond acceptors (Lipinski definition) is 0. The first-order chi connectivity index (χ1) is 9.24. The molecule has 0 radical (unpaired) electrons. The Bertz CT molecular complexity index is 196. The minimum Gasteiger partial charge on any atom is -0.0654 e. The molecular weight excluding hydrogens is 228 g/mol. The lowest BCUT2D eigenvalue weighted by atomic mass is 9.74. The molecule has 0 saturated heterocycles. The second kappa shape index (κ2) is 10.7. The van der Waals surface area contributed by atoms with Crippen LogP contribution in [0.4, 0.5) is 0 Å². The Hall–Kier alpha value is 0. The van der Waals surface area contributed by atoms with Crippen LogP contribution in [0.2, 0.25) is 0 Å². The van der Waals surface area contributed by atoms with E-state index in [-0.39, 0.29) is 0 Å². The standard InChI is InChI=1S/C19H38/c1-4-5-6-7-8-9-10-11-12-13-19-15-14-17(2)18(3)16-19/h17-19H,4-16H2,1-3H3. The van der Waals surface area contributed by atoms with E-state index in [1.165, 1.54) is 83.5 Å². The Morgan fingerprint density at radius 1 is 0.684 bits per heavy atom. The third-order valence-corrected chi connectivity index (χ3v) is 5.42. The van der Waals surface area contributed by atoms with Crippen LogP contribution in [-0.2, 0) is 0 Å². The predicted octanol–water partition coefficient (Wildman–Crippen LogP) is 6.98. The maximum absolute atomic E-state index is 2.47. The maximum Gasteiger partial charge on any atom is -0.0412 e. The van der Waals surface area contributed by atoms with Crippen molar-refractivity contribution in [1.29, 1.82) is 0 Å². The quantitative estimate of drug-likeness (QED) is 0.374. The van der Waals surface area contributed by atoms with E-state index < -0.39 is 0 Å². The lowest BCUT2D eigenvalue weighted by Crippen LogP contribution is -2.20. The van der Waals surface area contributed by atoms with E-state index >= 15 is 0 Å². The van der Waals surface area contributed by atoms with Crippen LogP contribution in [0.15, 0.2) is 0 Å². The zero-order valence-electron chi connectivity index (χ0n) is 13.9. The molecule has 1 fully saturated rings. The summed E-state index contributed by atoms with van der Waals surface area (Å²) in [7, 11) is 0. The molecule has 0 heteroatoms. The molecule has 0 spiro atoms. The number of hydrogen-bond donors (Lipinski definition) is 0. The normalized spacial score (nSPS) is 27.6. The minimum atomic E-state index is 0.984. The Kier molecular flexibility index (Phi) is 9.65. The second-order valence-electron chi connectivity index (χ2n) is 7.25. The van der Waals surface area contributed by atoms with E-state index in [4.69, 9.17) is 0 Å². The average Bonchev–Trinajstić information content (AvgIpc) is 2.41. The van der Waals surface area contributed by atoms with Crippen molar-refractivity contribution in [2.75, 3.05) is 0 Å². The highest BCUT2D eigenvalue weighted by molar-refractivity contribution is 4.75. The van der Waals surface area contributed by atoms with Gasteiger partial charge in [-0.25, -0.2) is 0 Å². The van der Waals surface area contributed by atoms with Crippen LogP contribution in [0.1, 0.15) is 104 Å². The van der Waals surface area contributed by atoms with Gasteiger partial charge in [0, 0.05) is 0 Å². The highest BCUT2D eigenvalue weighted by Crippen LogP contribution is 2.35. The van der Waals surface area contributed by atoms with E-state index in [1.54, 1.807) is 0 Å². The summed E-state index contributed by atoms with van der Waals surface area (Å²) in [6.45, 7) is 7.21. The summed E-state index contributed by atoms with van der Waals surface area (Å²) in [6, 6.07) is 0. The molecule has 0 bridgehead atoms. The minimum absolute atomic E-state index is 0.984. The topological polar surface area (TPSA) is 0 Å². The molecule has 1 aliphatic rings. The Morgan fingerprint density at radius 2 is 1.26 bits per heavy atom. The summed E-state index contributed by atoms with van der Waals surface area (Å²) in [5.74, 6) is 3.03. The molecule has 0 aromatic heterocycles. The molecule has 3 unspecified atom stereocenters. The first-order valence-electron chi connectivity index (χ1n) is 9.24. The van der Waals surface area contributed by atoms with Gasteiger partial charge in [-0.2, -0.15) is 0 Å². The van der Waals surface area contributed by atoms with Gasteiger partial charge in [-0.1, -0.05) is 97.8 Å². The molecule has 0 N–H and O–H groups in total. The summed E-state index contributed by atoms with van der Waals surface area (Å²) in [5, 5.41) is 0. The van der Waals surface area contributed by atoms with Crippen molar-refractivity contribution >= 4 is 0 Å². The van der Waals surface area contributed by atoms with Crippen molar-refractivity contribution in [3.63, 3.8) is 0 Å². The van der Waals surface area contributed by atoms with Crippen LogP contribution >= 0.6 is 0 Å². The van der Waals surface area contributed by atoms with Crippen LogP contribution in [-0.4, -0.2) is 0 Å². The number of rotatable bonds is 10. The molecule has 0 heterocycles. The lowest BCUT2D eigenvalue weighted by Gasteiger charge is -2.32. The van der Waals surface area contributed by atoms with Crippen molar-refractivity contribution < 1.29 is 0 Å². The first-order valence-corrected chi connectivity index (χ1v) is 9.24. The third-order valence-electron chi connectivity index (χ3n) is 5.42. The molecule has 3 atom stereocenters. The van der Waals surface area contributed by atoms with Gasteiger partial charge in [0.1, 0.15) is 0 Å². The highest BCUT2D eigenvalue weighted by atomic mass is 14.3. The molecule has 0 aromatic carbocycles. The fraction of sp³-hybridized carbons (Fsp3) is 1.00. The maximum atomic E-state index is 2.47. The second-order valence-corrected chi connectivity index (χ2v) is 7.25. The molecule has 1 rings (SSSR count). The molecule has 114 valence electrons. The largest absolute Gasteiger partial charge is 0.0654 e. The van der Waals surface area contributed by atoms with E-state index in [0.717, 1.165) is 17.8 Å². The van der Waals surface area contributed by atoms with Gasteiger partial charge in [0.05, 0.1) is 0 Å². The Balaban J connectivity index is 1.86. The van der Waals surface area contributed by atoms with Crippen molar-refractivity contribution in [3.05, 3.63) is 0 Å². The molecule has 1 saturated carbocycles. The molecule has 0 nitrogen and oxygen atoms in total. The molecule has 0 aliphatic heterocycles. The van der Waals surface area contributed by atoms with Gasteiger partial charge in [-0.3, -0.25) is 0 Å². The molecule has 0 aromatic rings. The zero-order chi connectivity index (χ0) is 13.9. The fourth-order valence-electron chi connectivity index (χ4n) is 3.66. The van der Waals surface area contributed by atoms with Crippen LogP contribution in [0.5, 0.6) is 0 Å². The molecule has 1 aliphatic carbocycles. The van der Waals surface area contributed by atoms with Crippen molar-refractivity contribution in [3.8, 4) is 0 Å².